The fraction of sp³-hybridized carbons (Fsp3) is 0.565. The third-order valence-electron chi connectivity index (χ3n) is 6.63. The molecule has 1 N–H and O–H groups in total. The highest BCUT2D eigenvalue weighted by Gasteiger charge is 2.34. The zero-order chi connectivity index (χ0) is 21.1. The molecule has 3 heterocycles. The lowest BCUT2D eigenvalue weighted by atomic mass is 9.83. The summed E-state index contributed by atoms with van der Waals surface area (Å²) in [5, 5.41) is 7.15. The number of amides is 1. The average Bonchev–Trinajstić information content (AvgIpc) is 3.28. The van der Waals surface area contributed by atoms with Crippen LogP contribution in [0, 0.1) is 5.92 Å². The van der Waals surface area contributed by atoms with Crippen LogP contribution in [0.1, 0.15) is 42.5 Å². The molecule has 1 aromatic heterocycles. The van der Waals surface area contributed by atoms with Crippen molar-refractivity contribution in [3.05, 3.63) is 30.0 Å². The summed E-state index contributed by atoms with van der Waals surface area (Å²) in [5.74, 6) is 1.82. The van der Waals surface area contributed by atoms with Crippen LogP contribution in [0.5, 0.6) is 11.5 Å². The van der Waals surface area contributed by atoms with Gasteiger partial charge in [-0.3, -0.25) is 9.89 Å². The number of hydrogen-bond acceptors (Lipinski definition) is 5. The second-order valence-electron chi connectivity index (χ2n) is 8.42. The quantitative estimate of drug-likeness (QED) is 0.787. The first-order chi connectivity index (χ1) is 14.6. The fourth-order valence-electron chi connectivity index (χ4n) is 5.09. The summed E-state index contributed by atoms with van der Waals surface area (Å²) in [5.41, 5.74) is 2.13. The van der Waals surface area contributed by atoms with Crippen LogP contribution in [0.4, 0.5) is 0 Å². The van der Waals surface area contributed by atoms with Gasteiger partial charge in [-0.2, -0.15) is 5.10 Å². The van der Waals surface area contributed by atoms with E-state index in [1.807, 2.05) is 30.1 Å². The zero-order valence-electron chi connectivity index (χ0n) is 18.2. The summed E-state index contributed by atoms with van der Waals surface area (Å²) in [7, 11) is 5.12. The molecule has 0 radical (unpaired) electrons. The standard InChI is InChI=1S/C23H32N4O3/c1-26(15-17-7-6-12-27-11-5-4-8-19(17)27)23(28)18-14-24-25-22(18)16-9-10-20(29-2)21(13-16)30-3/h9-10,13-14,17,19H,4-8,11-12,15H2,1-3H3,(H,24,25)/t17-,19+/m1/s1. The normalized spacial score (nSPS) is 21.7. The smallest absolute Gasteiger partial charge is 0.257 e. The maximum absolute atomic E-state index is 13.3. The average molecular weight is 413 g/mol. The molecule has 7 nitrogen and oxygen atoms in total. The van der Waals surface area contributed by atoms with Gasteiger partial charge in [0, 0.05) is 25.2 Å². The van der Waals surface area contributed by atoms with E-state index in [2.05, 4.69) is 15.1 Å². The lowest BCUT2D eigenvalue weighted by Crippen LogP contribution is -2.51. The zero-order valence-corrected chi connectivity index (χ0v) is 18.2. The van der Waals surface area contributed by atoms with Crippen LogP contribution < -0.4 is 9.47 Å². The van der Waals surface area contributed by atoms with Crippen LogP contribution in [0.3, 0.4) is 0 Å². The van der Waals surface area contributed by atoms with E-state index >= 15 is 0 Å². The molecule has 2 aliphatic heterocycles. The summed E-state index contributed by atoms with van der Waals surface area (Å²) < 4.78 is 10.7. The number of methoxy groups -OCH3 is 2. The molecule has 2 saturated heterocycles. The van der Waals surface area contributed by atoms with Gasteiger partial charge in [0.25, 0.3) is 5.91 Å². The summed E-state index contributed by atoms with van der Waals surface area (Å²) >= 11 is 0. The number of fused-ring (bicyclic) bond motifs is 1. The molecule has 1 amide bonds. The maximum Gasteiger partial charge on any atom is 0.257 e. The van der Waals surface area contributed by atoms with Crippen molar-refractivity contribution in [2.24, 2.45) is 5.92 Å². The highest BCUT2D eigenvalue weighted by atomic mass is 16.5. The van der Waals surface area contributed by atoms with Crippen molar-refractivity contribution in [1.82, 2.24) is 20.0 Å². The second kappa shape index (κ2) is 9.08. The Morgan fingerprint density at radius 1 is 1.17 bits per heavy atom. The number of nitrogens with zero attached hydrogens (tertiary/aromatic N) is 3. The van der Waals surface area contributed by atoms with E-state index in [9.17, 15) is 4.79 Å². The molecule has 2 aromatic rings. The topological polar surface area (TPSA) is 70.7 Å². The molecular formula is C23H32N4O3. The van der Waals surface area contributed by atoms with Gasteiger partial charge < -0.3 is 19.3 Å². The van der Waals surface area contributed by atoms with Crippen LogP contribution >= 0.6 is 0 Å². The predicted octanol–water partition coefficient (Wildman–Crippen LogP) is 3.43. The van der Waals surface area contributed by atoms with Crippen LogP contribution in [0.25, 0.3) is 11.3 Å². The minimum Gasteiger partial charge on any atom is -0.493 e. The molecule has 7 heteroatoms. The molecule has 30 heavy (non-hydrogen) atoms. The number of rotatable bonds is 6. The Balaban J connectivity index is 1.51. The minimum absolute atomic E-state index is 0.00136. The second-order valence-corrected chi connectivity index (χ2v) is 8.42. The molecule has 0 unspecified atom stereocenters. The largest absolute Gasteiger partial charge is 0.493 e. The van der Waals surface area contributed by atoms with E-state index in [0.29, 0.717) is 34.7 Å². The monoisotopic (exact) mass is 412 g/mol. The van der Waals surface area contributed by atoms with Gasteiger partial charge in [0.1, 0.15) is 0 Å². The van der Waals surface area contributed by atoms with E-state index in [1.54, 1.807) is 20.4 Å². The first-order valence-corrected chi connectivity index (χ1v) is 10.9. The molecule has 2 atom stereocenters. The van der Waals surface area contributed by atoms with Crippen molar-refractivity contribution < 1.29 is 14.3 Å². The number of hydrogen-bond donors (Lipinski definition) is 1. The third-order valence-corrected chi connectivity index (χ3v) is 6.63. The van der Waals surface area contributed by atoms with Crippen molar-refractivity contribution in [1.29, 1.82) is 0 Å². The van der Waals surface area contributed by atoms with Gasteiger partial charge in [-0.05, 0) is 62.9 Å². The molecular weight excluding hydrogens is 380 g/mol. The van der Waals surface area contributed by atoms with Crippen LogP contribution in [-0.4, -0.2) is 72.8 Å². The summed E-state index contributed by atoms with van der Waals surface area (Å²) in [4.78, 5) is 17.8. The summed E-state index contributed by atoms with van der Waals surface area (Å²) in [6.07, 6.45) is 7.93. The van der Waals surface area contributed by atoms with Crippen LogP contribution in [0.15, 0.2) is 24.4 Å². The Bertz CT molecular complexity index is 879. The molecule has 2 aliphatic rings. The van der Waals surface area contributed by atoms with Gasteiger partial charge in [-0.25, -0.2) is 0 Å². The number of carbonyl (C=O) groups excluding carboxylic acids is 1. The number of carbonyl (C=O) groups is 1. The number of nitrogens with one attached hydrogen (secondary N) is 1. The third kappa shape index (κ3) is 4.03. The Morgan fingerprint density at radius 2 is 1.97 bits per heavy atom. The van der Waals surface area contributed by atoms with E-state index < -0.39 is 0 Å². The fourth-order valence-corrected chi connectivity index (χ4v) is 5.09. The Morgan fingerprint density at radius 3 is 2.77 bits per heavy atom. The molecule has 4 rings (SSSR count). The Labute approximate surface area is 178 Å². The molecule has 0 saturated carbocycles. The minimum atomic E-state index is 0.00136. The van der Waals surface area contributed by atoms with E-state index in [-0.39, 0.29) is 5.91 Å². The van der Waals surface area contributed by atoms with E-state index in [0.717, 1.165) is 12.1 Å². The first kappa shape index (κ1) is 20.7. The first-order valence-electron chi connectivity index (χ1n) is 10.9. The Kier molecular flexibility index (Phi) is 6.27. The van der Waals surface area contributed by atoms with Crippen molar-refractivity contribution in [3.8, 4) is 22.8 Å². The molecule has 0 bridgehead atoms. The number of H-pyrrole nitrogens is 1. The maximum atomic E-state index is 13.3. The van der Waals surface area contributed by atoms with E-state index in [4.69, 9.17) is 9.47 Å². The molecule has 0 aliphatic carbocycles. The predicted molar refractivity (Wildman–Crippen MR) is 116 cm³/mol. The summed E-state index contributed by atoms with van der Waals surface area (Å²) in [6, 6.07) is 6.24. The molecule has 0 spiro atoms. The van der Waals surface area contributed by atoms with Gasteiger partial charge in [0.05, 0.1) is 31.7 Å². The van der Waals surface area contributed by atoms with Gasteiger partial charge >= 0.3 is 0 Å². The van der Waals surface area contributed by atoms with Crippen LogP contribution in [0.2, 0.25) is 0 Å². The van der Waals surface area contributed by atoms with Gasteiger partial charge in [0.15, 0.2) is 11.5 Å². The van der Waals surface area contributed by atoms with E-state index in [1.165, 1.54) is 45.2 Å². The van der Waals surface area contributed by atoms with Gasteiger partial charge in [-0.15, -0.1) is 0 Å². The molecule has 162 valence electrons. The van der Waals surface area contributed by atoms with Crippen molar-refractivity contribution in [2.75, 3.05) is 40.9 Å². The lowest BCUT2D eigenvalue weighted by molar-refractivity contribution is 0.0403. The lowest BCUT2D eigenvalue weighted by Gasteiger charge is -2.45. The SMILES string of the molecule is COc1ccc(-c2[nH]ncc2C(=O)N(C)C[C@H]2CCCN3CCCC[C@@H]23)cc1OC. The highest BCUT2D eigenvalue weighted by Crippen LogP contribution is 2.34. The number of ether oxygens (including phenoxy) is 2. The molecule has 2 fully saturated rings. The number of aromatic nitrogens is 2. The number of aromatic amines is 1. The van der Waals surface area contributed by atoms with Crippen molar-refractivity contribution in [2.45, 2.75) is 38.1 Å². The van der Waals surface area contributed by atoms with Gasteiger partial charge in [-0.1, -0.05) is 6.42 Å². The number of benzene rings is 1. The molecule has 1 aromatic carbocycles. The highest BCUT2D eigenvalue weighted by molar-refractivity contribution is 5.99. The van der Waals surface area contributed by atoms with Crippen molar-refractivity contribution >= 4 is 5.91 Å². The number of piperidine rings is 2. The Hall–Kier alpha value is -2.54. The summed E-state index contributed by atoms with van der Waals surface area (Å²) in [6.45, 7) is 3.21. The van der Waals surface area contributed by atoms with Gasteiger partial charge in [0.2, 0.25) is 0 Å². The van der Waals surface area contributed by atoms with Crippen LogP contribution in [-0.2, 0) is 0 Å². The van der Waals surface area contributed by atoms with Crippen molar-refractivity contribution in [3.63, 3.8) is 0 Å².